The molecular weight excluding hydrogens is 661 g/mol. The number of anilines is 1. The minimum absolute atomic E-state index is 0.129. The van der Waals surface area contributed by atoms with Crippen molar-refractivity contribution in [2.75, 3.05) is 11.9 Å². The first kappa shape index (κ1) is 30.9. The van der Waals surface area contributed by atoms with Crippen LogP contribution in [0, 0.1) is 0 Å². The van der Waals surface area contributed by atoms with Crippen LogP contribution in [0.2, 0.25) is 0 Å². The topological polar surface area (TPSA) is 57.7 Å². The number of fused-ring (bicyclic) bond motifs is 10. The Morgan fingerprint density at radius 1 is 0.556 bits per heavy atom. The molecule has 5 heteroatoms. The second-order valence-corrected chi connectivity index (χ2v) is 14.4. The van der Waals surface area contributed by atoms with Crippen LogP contribution in [0.25, 0.3) is 28.3 Å². The van der Waals surface area contributed by atoms with E-state index in [-0.39, 0.29) is 12.3 Å². The fraction of sp³-hybridized carbons (Fsp3) is 0.0816. The third-order valence-corrected chi connectivity index (χ3v) is 11.4. The van der Waals surface area contributed by atoms with Gasteiger partial charge in [0.25, 0.3) is 0 Å². The van der Waals surface area contributed by atoms with Crippen molar-refractivity contribution in [1.29, 1.82) is 0 Å². The second-order valence-electron chi connectivity index (χ2n) is 14.4. The molecule has 0 fully saturated rings. The van der Waals surface area contributed by atoms with Crippen LogP contribution in [0.3, 0.4) is 0 Å². The molecule has 0 saturated carbocycles. The summed E-state index contributed by atoms with van der Waals surface area (Å²) in [6.07, 6.45) is 4.03. The molecule has 0 bridgehead atoms. The van der Waals surface area contributed by atoms with Crippen LogP contribution < -0.4 is 20.7 Å². The predicted molar refractivity (Wildman–Crippen MR) is 218 cm³/mol. The van der Waals surface area contributed by atoms with Crippen molar-refractivity contribution in [3.63, 3.8) is 0 Å². The van der Waals surface area contributed by atoms with Crippen LogP contribution in [-0.2, 0) is 5.41 Å². The molecule has 2 atom stereocenters. The van der Waals surface area contributed by atoms with Crippen molar-refractivity contribution in [1.82, 2.24) is 10.6 Å². The van der Waals surface area contributed by atoms with Crippen LogP contribution in [0.4, 0.5) is 5.69 Å². The zero-order valence-electron chi connectivity index (χ0n) is 29.5. The highest BCUT2D eigenvalue weighted by Gasteiger charge is 2.51. The molecule has 7 aromatic rings. The Balaban J connectivity index is 1.14. The van der Waals surface area contributed by atoms with Crippen LogP contribution in [0.5, 0.6) is 11.5 Å². The minimum atomic E-state index is -0.622. The lowest BCUT2D eigenvalue weighted by molar-refractivity contribution is 0.408. The Kier molecular flexibility index (Phi) is 6.97. The molecule has 1 aliphatic carbocycles. The average Bonchev–Trinajstić information content (AvgIpc) is 3.53. The molecule has 3 aliphatic heterocycles. The number of nitrogens with one attached hydrogen (secondary N) is 3. The zero-order valence-corrected chi connectivity index (χ0v) is 29.5. The number of benzene rings is 7. The Morgan fingerprint density at radius 2 is 1.24 bits per heavy atom. The molecule has 3 heterocycles. The number of hydrogen-bond donors (Lipinski definition) is 3. The largest absolute Gasteiger partial charge is 0.457 e. The van der Waals surface area contributed by atoms with Gasteiger partial charge in [-0.2, -0.15) is 0 Å². The van der Waals surface area contributed by atoms with Gasteiger partial charge in [0, 0.05) is 34.5 Å². The summed E-state index contributed by atoms with van der Waals surface area (Å²) in [6, 6.07) is 58.7. The van der Waals surface area contributed by atoms with Gasteiger partial charge < -0.3 is 15.4 Å². The summed E-state index contributed by atoms with van der Waals surface area (Å²) in [6.45, 7) is 0.837. The number of nitrogens with zero attached hydrogens (tertiary/aromatic N) is 1. The number of rotatable bonds is 4. The molecular formula is C49H36N4O. The summed E-state index contributed by atoms with van der Waals surface area (Å²) < 4.78 is 6.70. The highest BCUT2D eigenvalue weighted by Crippen LogP contribution is 2.62. The SMILES string of the molecule is C1=Cc2c(cccc2-c2ccc3c(c2)C2(c4ccccc4Oc4ccccc42)c2cc(C4N=C(c5ccccc5)NC(c5ccccc5)N4)ccc2-3)NC1. The number of hydrogen-bond acceptors (Lipinski definition) is 5. The van der Waals surface area contributed by atoms with Crippen molar-refractivity contribution in [2.24, 2.45) is 4.99 Å². The van der Waals surface area contributed by atoms with Crippen LogP contribution in [0.15, 0.2) is 175 Å². The number of ether oxygens (including phenoxy) is 1. The van der Waals surface area contributed by atoms with Crippen molar-refractivity contribution < 1.29 is 4.74 Å². The normalized spacial score (nSPS) is 18.1. The van der Waals surface area contributed by atoms with E-state index in [2.05, 4.69) is 186 Å². The van der Waals surface area contributed by atoms with Crippen LogP contribution >= 0.6 is 0 Å². The van der Waals surface area contributed by atoms with Gasteiger partial charge >= 0.3 is 0 Å². The lowest BCUT2D eigenvalue weighted by atomic mass is 9.65. The van der Waals surface area contributed by atoms with Gasteiger partial charge in [-0.25, -0.2) is 4.99 Å². The maximum absolute atomic E-state index is 6.70. The molecule has 7 aromatic carbocycles. The van der Waals surface area contributed by atoms with Gasteiger partial charge in [0.1, 0.15) is 29.7 Å². The summed E-state index contributed by atoms with van der Waals surface area (Å²) in [4.78, 5) is 5.35. The second kappa shape index (κ2) is 12.2. The van der Waals surface area contributed by atoms with Gasteiger partial charge in [0.05, 0.1) is 5.41 Å². The van der Waals surface area contributed by atoms with E-state index in [4.69, 9.17) is 9.73 Å². The van der Waals surface area contributed by atoms with E-state index in [0.29, 0.717) is 0 Å². The fourth-order valence-electron chi connectivity index (χ4n) is 9.04. The number of aliphatic imine (C=N–C) groups is 1. The summed E-state index contributed by atoms with van der Waals surface area (Å²) in [5.74, 6) is 2.62. The van der Waals surface area contributed by atoms with Gasteiger partial charge in [-0.15, -0.1) is 0 Å². The Hall–Kier alpha value is -6.69. The minimum Gasteiger partial charge on any atom is -0.457 e. The molecule has 258 valence electrons. The van der Waals surface area contributed by atoms with Gasteiger partial charge in [0.2, 0.25) is 0 Å². The maximum Gasteiger partial charge on any atom is 0.132 e. The summed E-state index contributed by atoms with van der Waals surface area (Å²) in [7, 11) is 0. The molecule has 0 radical (unpaired) electrons. The highest BCUT2D eigenvalue weighted by molar-refractivity contribution is 5.99. The molecule has 0 amide bonds. The first-order valence-corrected chi connectivity index (χ1v) is 18.7. The lowest BCUT2D eigenvalue weighted by Crippen LogP contribution is -2.45. The van der Waals surface area contributed by atoms with Gasteiger partial charge in [-0.3, -0.25) is 5.32 Å². The van der Waals surface area contributed by atoms with E-state index in [1.165, 1.54) is 44.6 Å². The number of para-hydroxylation sites is 2. The van der Waals surface area contributed by atoms with Crippen LogP contribution in [0.1, 0.15) is 56.8 Å². The van der Waals surface area contributed by atoms with Crippen LogP contribution in [-0.4, -0.2) is 12.4 Å². The molecule has 5 nitrogen and oxygen atoms in total. The molecule has 1 spiro atoms. The Bertz CT molecular complexity index is 2620. The third-order valence-electron chi connectivity index (χ3n) is 11.4. The first-order chi connectivity index (χ1) is 26.8. The molecule has 0 saturated heterocycles. The van der Waals surface area contributed by atoms with E-state index in [0.717, 1.165) is 51.7 Å². The predicted octanol–water partition coefficient (Wildman–Crippen LogP) is 10.6. The zero-order chi connectivity index (χ0) is 35.6. The third kappa shape index (κ3) is 4.65. The average molecular weight is 697 g/mol. The van der Waals surface area contributed by atoms with E-state index in [1.54, 1.807) is 0 Å². The summed E-state index contributed by atoms with van der Waals surface area (Å²) in [5, 5.41) is 11.1. The van der Waals surface area contributed by atoms with Crippen molar-refractivity contribution in [3.05, 3.63) is 214 Å². The molecule has 4 aliphatic rings. The quantitative estimate of drug-likeness (QED) is 0.171. The van der Waals surface area contributed by atoms with E-state index < -0.39 is 5.41 Å². The fourth-order valence-corrected chi connectivity index (χ4v) is 9.04. The molecule has 3 N–H and O–H groups in total. The standard InChI is InChI=1S/C49H36N4O/c1-3-13-31(14-4-1)46-51-47(32-15-5-2-6-16-32)53-48(52-46)34-25-27-37-36-26-24-33(35-17-11-21-43-38(35)18-12-28-50-43)29-41(36)49(42(37)30-34)39-19-7-9-22-44(39)54-45-23-10-8-20-40(45)49/h1-27,29-30,46,48,50,52H,28H2,(H,51,53). The lowest BCUT2D eigenvalue weighted by Gasteiger charge is -2.40. The van der Waals surface area contributed by atoms with Crippen molar-refractivity contribution in [3.8, 4) is 33.8 Å². The molecule has 0 aromatic heterocycles. The van der Waals surface area contributed by atoms with E-state index in [1.807, 2.05) is 6.07 Å². The van der Waals surface area contributed by atoms with Gasteiger partial charge in [-0.05, 0) is 68.8 Å². The molecule has 11 rings (SSSR count). The highest BCUT2D eigenvalue weighted by atomic mass is 16.5. The maximum atomic E-state index is 6.70. The molecule has 2 unspecified atom stereocenters. The van der Waals surface area contributed by atoms with Gasteiger partial charge in [-0.1, -0.05) is 152 Å². The van der Waals surface area contributed by atoms with E-state index in [9.17, 15) is 0 Å². The van der Waals surface area contributed by atoms with E-state index >= 15 is 0 Å². The van der Waals surface area contributed by atoms with Gasteiger partial charge in [0.15, 0.2) is 0 Å². The Labute approximate surface area is 314 Å². The summed E-state index contributed by atoms with van der Waals surface area (Å²) in [5.41, 5.74) is 14.7. The molecule has 54 heavy (non-hydrogen) atoms. The first-order valence-electron chi connectivity index (χ1n) is 18.7. The summed E-state index contributed by atoms with van der Waals surface area (Å²) >= 11 is 0. The van der Waals surface area contributed by atoms with Crippen molar-refractivity contribution in [2.45, 2.75) is 17.7 Å². The Morgan fingerprint density at radius 3 is 2.02 bits per heavy atom. The van der Waals surface area contributed by atoms with Crippen molar-refractivity contribution >= 4 is 17.6 Å². The monoisotopic (exact) mass is 696 g/mol. The smallest absolute Gasteiger partial charge is 0.132 e. The number of amidine groups is 1.